The smallest absolute Gasteiger partial charge is 0.466 e. The molecule has 0 bridgehead atoms. The minimum atomic E-state index is -0.672. The van der Waals surface area contributed by atoms with Crippen molar-refractivity contribution in [2.45, 2.75) is 19.1 Å². The molecule has 0 aromatic rings. The van der Waals surface area contributed by atoms with E-state index in [4.69, 9.17) is 9.47 Å². The second kappa shape index (κ2) is 5.19. The van der Waals surface area contributed by atoms with E-state index in [0.717, 1.165) is 0 Å². The van der Waals surface area contributed by atoms with Gasteiger partial charge in [0.05, 0.1) is 7.11 Å². The molecule has 5 nitrogen and oxygen atoms in total. The number of rotatable bonds is 3. The van der Waals surface area contributed by atoms with Gasteiger partial charge >= 0.3 is 12.1 Å². The van der Waals surface area contributed by atoms with Gasteiger partial charge in [-0.1, -0.05) is 12.2 Å². The van der Waals surface area contributed by atoms with Crippen LogP contribution in [-0.4, -0.2) is 31.4 Å². The fourth-order valence-corrected chi connectivity index (χ4v) is 1.03. The maximum atomic E-state index is 10.7. The van der Waals surface area contributed by atoms with Crippen molar-refractivity contribution in [3.63, 3.8) is 0 Å². The molecule has 0 spiro atoms. The zero-order chi connectivity index (χ0) is 11.3. The molecule has 0 radical (unpaired) electrons. The topological polar surface area (TPSA) is 61.8 Å². The Morgan fingerprint density at radius 2 is 2.13 bits per heavy atom. The van der Waals surface area contributed by atoms with Crippen molar-refractivity contribution < 1.29 is 23.8 Å². The second-order valence-corrected chi connectivity index (χ2v) is 2.92. The molecule has 1 fully saturated rings. The Bertz CT molecular complexity index is 305. The minimum Gasteiger partial charge on any atom is -0.466 e. The molecule has 0 aliphatic carbocycles. The summed E-state index contributed by atoms with van der Waals surface area (Å²) in [7, 11) is 1.30. The quantitative estimate of drug-likeness (QED) is 0.399. The number of carbonyl (C=O) groups is 2. The molecule has 5 heteroatoms. The average Bonchev–Trinajstić information content (AvgIpc) is 2.52. The zero-order valence-electron chi connectivity index (χ0n) is 8.51. The first-order valence-corrected chi connectivity index (χ1v) is 4.43. The van der Waals surface area contributed by atoms with Gasteiger partial charge in [-0.2, -0.15) is 0 Å². The standard InChI is InChI=1S/C10H12O5/c1-7-8(15-10(12)14-7)5-3-4-6-9(11)13-2/h3-8H,1-2H3/b5-3+,6-4+/t7-,8-/m1/s1. The first kappa shape index (κ1) is 11.3. The summed E-state index contributed by atoms with van der Waals surface area (Å²) in [6.45, 7) is 1.73. The number of allylic oxidation sites excluding steroid dienone is 2. The lowest BCUT2D eigenvalue weighted by molar-refractivity contribution is -0.134. The normalized spacial score (nSPS) is 25.6. The van der Waals surface area contributed by atoms with Crippen LogP contribution in [0, 0.1) is 0 Å². The van der Waals surface area contributed by atoms with Gasteiger partial charge < -0.3 is 14.2 Å². The monoisotopic (exact) mass is 212 g/mol. The molecule has 82 valence electrons. The van der Waals surface area contributed by atoms with Crippen molar-refractivity contribution in [2.75, 3.05) is 7.11 Å². The third-order valence-corrected chi connectivity index (χ3v) is 1.82. The third-order valence-electron chi connectivity index (χ3n) is 1.82. The Labute approximate surface area is 87.3 Å². The van der Waals surface area contributed by atoms with E-state index in [2.05, 4.69) is 4.74 Å². The molecule has 1 saturated heterocycles. The number of methoxy groups -OCH3 is 1. The Balaban J connectivity index is 2.41. The van der Waals surface area contributed by atoms with Crippen LogP contribution in [0.15, 0.2) is 24.3 Å². The lowest BCUT2D eigenvalue weighted by Crippen LogP contribution is -2.15. The lowest BCUT2D eigenvalue weighted by atomic mass is 10.2. The van der Waals surface area contributed by atoms with Gasteiger partial charge in [-0.25, -0.2) is 9.59 Å². The molecule has 0 N–H and O–H groups in total. The SMILES string of the molecule is COC(=O)/C=C/C=C/[C@H]1OC(=O)O[C@@H]1C. The van der Waals surface area contributed by atoms with Crippen LogP contribution in [-0.2, 0) is 19.0 Å². The molecule has 0 saturated carbocycles. The highest BCUT2D eigenvalue weighted by Crippen LogP contribution is 2.15. The van der Waals surface area contributed by atoms with Crippen LogP contribution < -0.4 is 0 Å². The fraction of sp³-hybridized carbons (Fsp3) is 0.400. The van der Waals surface area contributed by atoms with E-state index < -0.39 is 18.2 Å². The van der Waals surface area contributed by atoms with Crippen LogP contribution in [0.5, 0.6) is 0 Å². The minimum absolute atomic E-state index is 0.305. The van der Waals surface area contributed by atoms with Gasteiger partial charge in [-0.15, -0.1) is 0 Å². The highest BCUT2D eigenvalue weighted by Gasteiger charge is 2.30. The third kappa shape index (κ3) is 3.46. The first-order valence-electron chi connectivity index (χ1n) is 4.43. The number of hydrogen-bond donors (Lipinski definition) is 0. The maximum absolute atomic E-state index is 10.7. The van der Waals surface area contributed by atoms with Crippen LogP contribution in [0.4, 0.5) is 4.79 Å². The largest absolute Gasteiger partial charge is 0.509 e. The van der Waals surface area contributed by atoms with Crippen molar-refractivity contribution in [1.82, 2.24) is 0 Å². The van der Waals surface area contributed by atoms with E-state index >= 15 is 0 Å². The van der Waals surface area contributed by atoms with Crippen LogP contribution in [0.3, 0.4) is 0 Å². The molecule has 0 aromatic heterocycles. The van der Waals surface area contributed by atoms with Crippen molar-refractivity contribution >= 4 is 12.1 Å². The number of ether oxygens (including phenoxy) is 3. The highest BCUT2D eigenvalue weighted by atomic mass is 16.8. The van der Waals surface area contributed by atoms with E-state index in [-0.39, 0.29) is 6.10 Å². The Morgan fingerprint density at radius 3 is 2.67 bits per heavy atom. The number of carbonyl (C=O) groups excluding carboxylic acids is 2. The Morgan fingerprint density at radius 1 is 1.40 bits per heavy atom. The van der Waals surface area contributed by atoms with Gasteiger partial charge in [0, 0.05) is 6.08 Å². The van der Waals surface area contributed by atoms with Gasteiger partial charge in [0.2, 0.25) is 0 Å². The van der Waals surface area contributed by atoms with Crippen molar-refractivity contribution in [1.29, 1.82) is 0 Å². The van der Waals surface area contributed by atoms with Gasteiger partial charge in [0.1, 0.15) is 6.10 Å². The summed E-state index contributed by atoms with van der Waals surface area (Å²) < 4.78 is 13.9. The highest BCUT2D eigenvalue weighted by molar-refractivity contribution is 5.82. The molecule has 2 atom stereocenters. The van der Waals surface area contributed by atoms with E-state index in [0.29, 0.717) is 0 Å². The van der Waals surface area contributed by atoms with Crippen molar-refractivity contribution in [3.8, 4) is 0 Å². The predicted octanol–water partition coefficient (Wildman–Crippen LogP) is 1.20. The lowest BCUT2D eigenvalue weighted by Gasteiger charge is -2.03. The van der Waals surface area contributed by atoms with Crippen molar-refractivity contribution in [3.05, 3.63) is 24.3 Å². The molecular formula is C10H12O5. The van der Waals surface area contributed by atoms with E-state index in [1.54, 1.807) is 19.1 Å². The van der Waals surface area contributed by atoms with Gasteiger partial charge in [-0.05, 0) is 13.0 Å². The fourth-order valence-electron chi connectivity index (χ4n) is 1.03. The summed E-state index contributed by atoms with van der Waals surface area (Å²) >= 11 is 0. The molecule has 1 rings (SSSR count). The molecule has 0 amide bonds. The molecule has 1 aliphatic rings. The molecular weight excluding hydrogens is 200 g/mol. The summed E-state index contributed by atoms with van der Waals surface area (Å²) in [5, 5.41) is 0. The van der Waals surface area contributed by atoms with Crippen LogP contribution in [0.2, 0.25) is 0 Å². The summed E-state index contributed by atoms with van der Waals surface area (Å²) in [6.07, 6.45) is 4.62. The van der Waals surface area contributed by atoms with Gasteiger partial charge in [0.15, 0.2) is 6.10 Å². The predicted molar refractivity (Wildman–Crippen MR) is 51.1 cm³/mol. The van der Waals surface area contributed by atoms with Crippen LogP contribution >= 0.6 is 0 Å². The molecule has 1 heterocycles. The number of esters is 1. The van der Waals surface area contributed by atoms with E-state index in [1.165, 1.54) is 19.3 Å². The van der Waals surface area contributed by atoms with E-state index in [9.17, 15) is 9.59 Å². The number of cyclic esters (lactones) is 2. The van der Waals surface area contributed by atoms with Crippen LogP contribution in [0.25, 0.3) is 0 Å². The maximum Gasteiger partial charge on any atom is 0.509 e. The zero-order valence-corrected chi connectivity index (χ0v) is 8.51. The van der Waals surface area contributed by atoms with E-state index in [1.807, 2.05) is 0 Å². The second-order valence-electron chi connectivity index (χ2n) is 2.92. The average molecular weight is 212 g/mol. The molecule has 0 aromatic carbocycles. The summed E-state index contributed by atoms with van der Waals surface area (Å²) in [4.78, 5) is 21.4. The number of hydrogen-bond acceptors (Lipinski definition) is 5. The molecule has 0 unspecified atom stereocenters. The summed E-state index contributed by atoms with van der Waals surface area (Å²) in [5.74, 6) is -0.438. The Kier molecular flexibility index (Phi) is 3.91. The summed E-state index contributed by atoms with van der Waals surface area (Å²) in [5.41, 5.74) is 0. The Hall–Kier alpha value is -1.78. The van der Waals surface area contributed by atoms with Crippen LogP contribution in [0.1, 0.15) is 6.92 Å². The molecule has 15 heavy (non-hydrogen) atoms. The first-order chi connectivity index (χ1) is 7.13. The summed E-state index contributed by atoms with van der Waals surface area (Å²) in [6, 6.07) is 0. The van der Waals surface area contributed by atoms with Gasteiger partial charge in [-0.3, -0.25) is 0 Å². The van der Waals surface area contributed by atoms with Crippen molar-refractivity contribution in [2.24, 2.45) is 0 Å². The molecule has 1 aliphatic heterocycles. The van der Waals surface area contributed by atoms with Gasteiger partial charge in [0.25, 0.3) is 0 Å².